The molecule has 0 bridgehead atoms. The van der Waals surface area contributed by atoms with Crippen molar-refractivity contribution in [2.75, 3.05) is 6.61 Å². The van der Waals surface area contributed by atoms with Crippen LogP contribution in [0.3, 0.4) is 0 Å². The van der Waals surface area contributed by atoms with Gasteiger partial charge >= 0.3 is 0 Å². The van der Waals surface area contributed by atoms with Crippen molar-refractivity contribution in [3.8, 4) is 11.3 Å². The highest BCUT2D eigenvalue weighted by Crippen LogP contribution is 2.39. The van der Waals surface area contributed by atoms with Crippen molar-refractivity contribution in [3.63, 3.8) is 0 Å². The van der Waals surface area contributed by atoms with Crippen molar-refractivity contribution >= 4 is 40.1 Å². The second kappa shape index (κ2) is 11.9. The predicted octanol–water partition coefficient (Wildman–Crippen LogP) is 8.96. The van der Waals surface area contributed by atoms with Crippen LogP contribution in [-0.4, -0.2) is 37.1 Å². The molecule has 238 valence electrons. The van der Waals surface area contributed by atoms with Crippen molar-refractivity contribution in [3.05, 3.63) is 120 Å². The summed E-state index contributed by atoms with van der Waals surface area (Å²) in [6, 6.07) is 27.8. The molecular weight excluding hydrogens is 614 g/mol. The van der Waals surface area contributed by atoms with Gasteiger partial charge in [0.05, 0.1) is 27.8 Å². The van der Waals surface area contributed by atoms with E-state index in [2.05, 4.69) is 63.2 Å². The Morgan fingerprint density at radius 2 is 1.48 bits per heavy atom. The van der Waals surface area contributed by atoms with E-state index in [1.54, 1.807) is 30.3 Å². The van der Waals surface area contributed by atoms with Crippen molar-refractivity contribution in [1.29, 1.82) is 0 Å². The van der Waals surface area contributed by atoms with Crippen LogP contribution < -0.4 is 0 Å². The molecule has 0 aliphatic rings. The Morgan fingerprint density at radius 3 is 2.15 bits per heavy atom. The summed E-state index contributed by atoms with van der Waals surface area (Å²) in [4.78, 5) is 0.119. The van der Waals surface area contributed by atoms with Crippen molar-refractivity contribution < 1.29 is 17.2 Å². The topological polar surface area (TPSA) is 66.1 Å². The van der Waals surface area contributed by atoms with E-state index in [1.807, 2.05) is 35.8 Å². The molecule has 0 aliphatic carbocycles. The lowest BCUT2D eigenvalue weighted by atomic mass is 10.0. The van der Waals surface area contributed by atoms with E-state index in [-0.39, 0.29) is 9.93 Å². The summed E-state index contributed by atoms with van der Waals surface area (Å²) >= 11 is 0. The van der Waals surface area contributed by atoms with Gasteiger partial charge in [-0.15, -0.1) is 0 Å². The lowest BCUT2D eigenvalue weighted by Gasteiger charge is -2.36. The van der Waals surface area contributed by atoms with Crippen molar-refractivity contribution in [1.82, 2.24) is 13.8 Å². The fourth-order valence-electron chi connectivity index (χ4n) is 5.66. The molecular formula is C37H40FN3O3SSi. The number of aromatic nitrogens is 3. The molecule has 0 saturated heterocycles. The highest BCUT2D eigenvalue weighted by Gasteiger charge is 2.36. The van der Waals surface area contributed by atoms with Crippen LogP contribution in [0.5, 0.6) is 0 Å². The van der Waals surface area contributed by atoms with Gasteiger partial charge in [-0.05, 0) is 72.4 Å². The molecule has 6 nitrogen and oxygen atoms in total. The summed E-state index contributed by atoms with van der Waals surface area (Å²) in [5, 5.41) is 5.22. The Labute approximate surface area is 271 Å². The molecule has 46 heavy (non-hydrogen) atoms. The molecule has 0 unspecified atom stereocenters. The lowest BCUT2D eigenvalue weighted by Crippen LogP contribution is -2.41. The van der Waals surface area contributed by atoms with E-state index >= 15 is 4.39 Å². The minimum absolute atomic E-state index is 0.119. The maximum Gasteiger partial charge on any atom is 0.283 e. The zero-order valence-electron chi connectivity index (χ0n) is 27.2. The Bertz CT molecular complexity index is 2150. The van der Waals surface area contributed by atoms with Crippen molar-refractivity contribution in [2.45, 2.75) is 63.7 Å². The first-order valence-corrected chi connectivity index (χ1v) is 19.9. The van der Waals surface area contributed by atoms with Crippen LogP contribution in [0.25, 0.3) is 33.1 Å². The summed E-state index contributed by atoms with van der Waals surface area (Å²) in [6.07, 6.45) is 2.28. The second-order valence-electron chi connectivity index (χ2n) is 13.4. The Hall–Kier alpha value is -4.05. The van der Waals surface area contributed by atoms with E-state index in [9.17, 15) is 8.42 Å². The van der Waals surface area contributed by atoms with Gasteiger partial charge in [0.2, 0.25) is 0 Å². The minimum Gasteiger partial charge on any atom is -0.416 e. The zero-order valence-corrected chi connectivity index (χ0v) is 29.0. The number of aryl methyl sites for hydroxylation is 1. The first-order chi connectivity index (χ1) is 21.8. The highest BCUT2D eigenvalue weighted by molar-refractivity contribution is 7.90. The van der Waals surface area contributed by atoms with E-state index in [1.165, 1.54) is 23.9 Å². The maximum absolute atomic E-state index is 16.8. The van der Waals surface area contributed by atoms with Crippen LogP contribution in [0.1, 0.15) is 37.5 Å². The fraction of sp³-hybridized carbons (Fsp3) is 0.270. The molecule has 0 aliphatic heterocycles. The van der Waals surface area contributed by atoms with E-state index < -0.39 is 24.2 Å². The number of fused-ring (bicyclic) bond motifs is 3. The number of benzene rings is 4. The summed E-state index contributed by atoms with van der Waals surface area (Å²) in [5.74, 6) is -0.397. The van der Waals surface area contributed by atoms with Crippen LogP contribution in [0.15, 0.2) is 102 Å². The third-order valence-corrected chi connectivity index (χ3v) is 15.5. The number of nitrogens with zero attached hydrogens (tertiary/aromatic N) is 3. The van der Waals surface area contributed by atoms with E-state index in [0.29, 0.717) is 40.7 Å². The van der Waals surface area contributed by atoms with Gasteiger partial charge < -0.3 is 8.99 Å². The number of halogens is 1. The van der Waals surface area contributed by atoms with Gasteiger partial charge in [-0.2, -0.15) is 17.6 Å². The normalized spacial score (nSPS) is 12.8. The fourth-order valence-corrected chi connectivity index (χ4v) is 8.00. The quantitative estimate of drug-likeness (QED) is 0.146. The average molecular weight is 654 g/mol. The molecule has 2 aromatic heterocycles. The zero-order chi connectivity index (χ0) is 32.9. The average Bonchev–Trinajstić information content (AvgIpc) is 3.57. The van der Waals surface area contributed by atoms with Crippen LogP contribution >= 0.6 is 0 Å². The molecule has 6 rings (SSSR count). The minimum atomic E-state index is -3.97. The summed E-state index contributed by atoms with van der Waals surface area (Å²) in [7, 11) is -5.78. The third-order valence-electron chi connectivity index (χ3n) is 9.38. The first-order valence-electron chi connectivity index (χ1n) is 15.6. The van der Waals surface area contributed by atoms with Crippen molar-refractivity contribution in [2.24, 2.45) is 0 Å². The first kappa shape index (κ1) is 31.9. The number of rotatable bonds is 9. The monoisotopic (exact) mass is 653 g/mol. The molecule has 0 atom stereocenters. The van der Waals surface area contributed by atoms with Crippen LogP contribution in [-0.2, 0) is 27.4 Å². The smallest absolute Gasteiger partial charge is 0.283 e. The molecule has 0 fully saturated rings. The van der Waals surface area contributed by atoms with Crippen LogP contribution in [0, 0.1) is 12.7 Å². The number of hydrogen-bond donors (Lipinski definition) is 0. The lowest BCUT2D eigenvalue weighted by molar-refractivity contribution is 0.292. The Balaban J connectivity index is 1.40. The maximum atomic E-state index is 16.8. The van der Waals surface area contributed by atoms with Gasteiger partial charge in [0, 0.05) is 29.5 Å². The Morgan fingerprint density at radius 1 is 0.848 bits per heavy atom. The summed E-state index contributed by atoms with van der Waals surface area (Å²) in [6.45, 7) is 14.4. The third kappa shape index (κ3) is 5.72. The van der Waals surface area contributed by atoms with Gasteiger partial charge in [-0.25, -0.2) is 4.39 Å². The van der Waals surface area contributed by atoms with E-state index in [0.717, 1.165) is 27.2 Å². The summed E-state index contributed by atoms with van der Waals surface area (Å²) < 4.78 is 53.1. The molecule has 0 N–H and O–H groups in total. The van der Waals surface area contributed by atoms with Crippen LogP contribution in [0.2, 0.25) is 18.1 Å². The Kier molecular flexibility index (Phi) is 8.29. The van der Waals surface area contributed by atoms with Crippen LogP contribution in [0.4, 0.5) is 4.39 Å². The molecule has 0 radical (unpaired) electrons. The molecule has 0 saturated carbocycles. The molecule has 6 aromatic rings. The second-order valence-corrected chi connectivity index (χ2v) is 20.0. The van der Waals surface area contributed by atoms with Gasteiger partial charge in [0.25, 0.3) is 10.0 Å². The van der Waals surface area contributed by atoms with Gasteiger partial charge in [-0.1, -0.05) is 87.5 Å². The van der Waals surface area contributed by atoms with E-state index in [4.69, 9.17) is 4.43 Å². The largest absolute Gasteiger partial charge is 0.416 e. The SMILES string of the molecule is Cc1ccccc1-c1c(F)c2c3cnn(S(=O)(=O)c4ccccc4)c3ccc2n1Cc1ccc(CCO[Si](C)(C)C(C)(C)C)cc1. The van der Waals surface area contributed by atoms with Gasteiger partial charge in [0.15, 0.2) is 14.1 Å². The van der Waals surface area contributed by atoms with Gasteiger partial charge in [0.1, 0.15) is 0 Å². The predicted molar refractivity (Wildman–Crippen MR) is 187 cm³/mol. The molecule has 4 aromatic carbocycles. The molecule has 9 heteroatoms. The number of hydrogen-bond acceptors (Lipinski definition) is 4. The standard InChI is InChI=1S/C37H40FN3O3SSi/c1-26-12-10-11-15-30(26)36-35(38)34-31-24-39-41(45(42,43)29-13-8-7-9-14-29)32(31)20-21-33(34)40(36)25-28-18-16-27(17-19-28)22-23-44-46(5,6)37(2,3)4/h7-21,24H,22-23,25H2,1-6H3. The molecule has 0 amide bonds. The molecule has 0 spiro atoms. The highest BCUT2D eigenvalue weighted by atomic mass is 32.2. The molecule has 2 heterocycles. The van der Waals surface area contributed by atoms with Gasteiger partial charge in [-0.3, -0.25) is 0 Å². The summed E-state index contributed by atoms with van der Waals surface area (Å²) in [5.41, 5.74) is 5.42.